The number of hydrogen-bond donors (Lipinski definition) is 1. The molecule has 0 amide bonds. The van der Waals surface area contributed by atoms with E-state index in [1.807, 2.05) is 0 Å². The number of alkyl halides is 3. The monoisotopic (exact) mass is 312 g/mol. The molecule has 0 fully saturated rings. The van der Waals surface area contributed by atoms with Gasteiger partial charge in [0.05, 0.1) is 0 Å². The summed E-state index contributed by atoms with van der Waals surface area (Å²) < 4.78 is 41.6. The van der Waals surface area contributed by atoms with Crippen LogP contribution in [0.5, 0.6) is 0 Å². The Morgan fingerprint density at radius 3 is 1.81 bits per heavy atom. The molecule has 1 N–H and O–H groups in total. The summed E-state index contributed by atoms with van der Waals surface area (Å²) in [5, 5.41) is 8.82. The summed E-state index contributed by atoms with van der Waals surface area (Å²) in [6, 6.07) is 0. The molecule has 1 atom stereocenters. The topological polar surface area (TPSA) is 29.5 Å². The first-order valence-electron chi connectivity index (χ1n) is 8.31. The van der Waals surface area contributed by atoms with E-state index in [0.29, 0.717) is 6.42 Å². The van der Waals surface area contributed by atoms with Crippen LogP contribution >= 0.6 is 0 Å². The van der Waals surface area contributed by atoms with Crippen LogP contribution in [0.15, 0.2) is 0 Å². The quantitative estimate of drug-likeness (QED) is 0.445. The van der Waals surface area contributed by atoms with Crippen molar-refractivity contribution in [2.75, 3.05) is 13.2 Å². The Labute approximate surface area is 127 Å². The Balaban J connectivity index is 3.13. The van der Waals surface area contributed by atoms with E-state index in [-0.39, 0.29) is 6.42 Å². The van der Waals surface area contributed by atoms with Crippen LogP contribution in [0.3, 0.4) is 0 Å². The van der Waals surface area contributed by atoms with Crippen molar-refractivity contribution in [3.63, 3.8) is 0 Å². The minimum atomic E-state index is -4.47. The van der Waals surface area contributed by atoms with E-state index in [0.717, 1.165) is 45.3 Å². The summed E-state index contributed by atoms with van der Waals surface area (Å²) in [5.41, 5.74) is 0. The summed E-state index contributed by atoms with van der Waals surface area (Å²) in [5.74, 6) is 0. The zero-order valence-electron chi connectivity index (χ0n) is 13.3. The maximum absolute atomic E-state index is 12.0. The van der Waals surface area contributed by atoms with E-state index in [9.17, 15) is 13.2 Å². The largest absolute Gasteiger partial charge is 0.414 e. The molecule has 1 unspecified atom stereocenters. The molecule has 5 heteroatoms. The summed E-state index contributed by atoms with van der Waals surface area (Å²) in [7, 11) is 0. The number of halogens is 3. The van der Waals surface area contributed by atoms with Gasteiger partial charge >= 0.3 is 6.18 Å². The molecular formula is C16H31F3O2. The minimum absolute atomic E-state index is 0.183. The lowest BCUT2D eigenvalue weighted by atomic mass is 10.1. The zero-order valence-corrected chi connectivity index (χ0v) is 13.3. The lowest BCUT2D eigenvalue weighted by Crippen LogP contribution is -2.28. The molecule has 0 aromatic carbocycles. The van der Waals surface area contributed by atoms with Gasteiger partial charge in [0, 0.05) is 13.2 Å². The first-order chi connectivity index (χ1) is 9.98. The van der Waals surface area contributed by atoms with E-state index in [1.165, 1.54) is 25.7 Å². The summed E-state index contributed by atoms with van der Waals surface area (Å²) in [6.45, 7) is 3.76. The van der Waals surface area contributed by atoms with Gasteiger partial charge < -0.3 is 9.84 Å². The fourth-order valence-corrected chi connectivity index (χ4v) is 2.15. The summed E-state index contributed by atoms with van der Waals surface area (Å²) in [6.07, 6.45) is 3.40. The lowest BCUT2D eigenvalue weighted by molar-refractivity contribution is -0.205. The van der Waals surface area contributed by atoms with Crippen LogP contribution in [0.25, 0.3) is 0 Å². The summed E-state index contributed by atoms with van der Waals surface area (Å²) in [4.78, 5) is 0. The van der Waals surface area contributed by atoms with Crippen molar-refractivity contribution in [2.45, 2.75) is 89.8 Å². The van der Waals surface area contributed by atoms with Crippen LogP contribution in [0, 0.1) is 0 Å². The molecule has 0 radical (unpaired) electrons. The molecular weight excluding hydrogens is 281 g/mol. The van der Waals surface area contributed by atoms with Crippen molar-refractivity contribution >= 4 is 0 Å². The predicted octanol–water partition coefficient (Wildman–Crippen LogP) is 5.24. The highest BCUT2D eigenvalue weighted by Gasteiger charge is 2.37. The molecule has 0 aliphatic heterocycles. The van der Waals surface area contributed by atoms with Crippen LogP contribution in [0.1, 0.15) is 77.6 Å². The molecule has 0 heterocycles. The molecule has 0 aliphatic rings. The van der Waals surface area contributed by atoms with Crippen molar-refractivity contribution in [1.82, 2.24) is 0 Å². The normalized spacial score (nSPS) is 13.6. The van der Waals surface area contributed by atoms with Crippen LogP contribution in [-0.4, -0.2) is 30.6 Å². The van der Waals surface area contributed by atoms with Gasteiger partial charge in [0.25, 0.3) is 0 Å². The van der Waals surface area contributed by atoms with E-state index >= 15 is 0 Å². The number of ether oxygens (including phenoxy) is 1. The Hall–Kier alpha value is -0.290. The van der Waals surface area contributed by atoms with Crippen LogP contribution in [0.2, 0.25) is 0 Å². The van der Waals surface area contributed by atoms with Crippen molar-refractivity contribution in [3.8, 4) is 0 Å². The fraction of sp³-hybridized carbons (Fsp3) is 1.00. The van der Waals surface area contributed by atoms with E-state index in [1.54, 1.807) is 0 Å². The van der Waals surface area contributed by atoms with Crippen molar-refractivity contribution < 1.29 is 23.0 Å². The van der Waals surface area contributed by atoms with Gasteiger partial charge in [-0.2, -0.15) is 13.2 Å². The highest BCUT2D eigenvalue weighted by molar-refractivity contribution is 4.64. The van der Waals surface area contributed by atoms with E-state index in [2.05, 4.69) is 6.92 Å². The zero-order chi connectivity index (χ0) is 16.0. The second-order valence-electron chi connectivity index (χ2n) is 5.64. The summed E-state index contributed by atoms with van der Waals surface area (Å²) >= 11 is 0. The Bertz CT molecular complexity index is 220. The van der Waals surface area contributed by atoms with Gasteiger partial charge in [-0.15, -0.1) is 0 Å². The average molecular weight is 312 g/mol. The smallest absolute Gasteiger partial charge is 0.384 e. The molecule has 2 nitrogen and oxygen atoms in total. The molecule has 128 valence electrons. The molecule has 0 aromatic heterocycles. The first kappa shape index (κ1) is 20.7. The predicted molar refractivity (Wildman–Crippen MR) is 79.3 cm³/mol. The Kier molecular flexibility index (Phi) is 13.2. The molecule has 0 rings (SSSR count). The number of hydrogen-bond acceptors (Lipinski definition) is 2. The van der Waals surface area contributed by atoms with Gasteiger partial charge in [-0.25, -0.2) is 0 Å². The van der Waals surface area contributed by atoms with Gasteiger partial charge in [0.15, 0.2) is 0 Å². The third kappa shape index (κ3) is 14.4. The molecule has 0 saturated heterocycles. The number of aliphatic hydroxyl groups excluding tert-OH is 1. The first-order valence-corrected chi connectivity index (χ1v) is 8.31. The van der Waals surface area contributed by atoms with Crippen LogP contribution in [0.4, 0.5) is 13.2 Å². The SMILES string of the molecule is CCCCCCCOCCCCCCCC(O)C(F)(F)F. The molecule has 0 aliphatic carbocycles. The number of aliphatic hydroxyl groups is 1. The molecule has 0 spiro atoms. The molecule has 0 bridgehead atoms. The maximum Gasteiger partial charge on any atom is 0.414 e. The van der Waals surface area contributed by atoms with Gasteiger partial charge in [-0.05, 0) is 19.3 Å². The average Bonchev–Trinajstić information content (AvgIpc) is 2.42. The highest BCUT2D eigenvalue weighted by atomic mass is 19.4. The number of rotatable bonds is 14. The van der Waals surface area contributed by atoms with Crippen molar-refractivity contribution in [3.05, 3.63) is 0 Å². The van der Waals surface area contributed by atoms with Crippen molar-refractivity contribution in [1.29, 1.82) is 0 Å². The second kappa shape index (κ2) is 13.4. The molecule has 21 heavy (non-hydrogen) atoms. The van der Waals surface area contributed by atoms with Gasteiger partial charge in [-0.1, -0.05) is 58.3 Å². The van der Waals surface area contributed by atoms with Crippen LogP contribution in [-0.2, 0) is 4.74 Å². The van der Waals surface area contributed by atoms with Gasteiger partial charge in [0.2, 0.25) is 0 Å². The lowest BCUT2D eigenvalue weighted by Gasteiger charge is -2.13. The standard InChI is InChI=1S/C16H31F3O2/c1-2-3-4-7-10-13-21-14-11-8-5-6-9-12-15(20)16(17,18)19/h15,20H,2-14H2,1H3. The second-order valence-corrected chi connectivity index (χ2v) is 5.64. The third-order valence-electron chi connectivity index (χ3n) is 3.54. The maximum atomic E-state index is 12.0. The van der Waals surface area contributed by atoms with E-state index in [4.69, 9.17) is 9.84 Å². The number of unbranched alkanes of at least 4 members (excludes halogenated alkanes) is 8. The molecule has 0 aromatic rings. The van der Waals surface area contributed by atoms with Gasteiger partial charge in [-0.3, -0.25) is 0 Å². The fourth-order valence-electron chi connectivity index (χ4n) is 2.15. The van der Waals surface area contributed by atoms with Gasteiger partial charge in [0.1, 0.15) is 6.10 Å². The van der Waals surface area contributed by atoms with E-state index < -0.39 is 12.3 Å². The van der Waals surface area contributed by atoms with Crippen LogP contribution < -0.4 is 0 Å². The van der Waals surface area contributed by atoms with Crippen molar-refractivity contribution in [2.24, 2.45) is 0 Å². The highest BCUT2D eigenvalue weighted by Crippen LogP contribution is 2.24. The Morgan fingerprint density at radius 1 is 0.810 bits per heavy atom. The molecule has 0 saturated carbocycles. The third-order valence-corrected chi connectivity index (χ3v) is 3.54. The minimum Gasteiger partial charge on any atom is -0.384 e. The Morgan fingerprint density at radius 2 is 1.29 bits per heavy atom.